The number of pyridine rings is 1. The van der Waals surface area contributed by atoms with Gasteiger partial charge in [-0.25, -0.2) is 19.9 Å². The van der Waals surface area contributed by atoms with E-state index in [1.54, 1.807) is 18.7 Å². The lowest BCUT2D eigenvalue weighted by atomic mass is 10.2. The molecule has 6 nitrogen and oxygen atoms in total. The van der Waals surface area contributed by atoms with Crippen LogP contribution in [0.1, 0.15) is 0 Å². The molecule has 0 aliphatic carbocycles. The summed E-state index contributed by atoms with van der Waals surface area (Å²) in [5, 5.41) is 0. The van der Waals surface area contributed by atoms with Gasteiger partial charge in [0.2, 0.25) is 0 Å². The Kier molecular flexibility index (Phi) is 1.79. The molecule has 0 aliphatic rings. The van der Waals surface area contributed by atoms with Gasteiger partial charge >= 0.3 is 0 Å². The molecule has 0 fully saturated rings. The van der Waals surface area contributed by atoms with Crippen LogP contribution in [0.5, 0.6) is 0 Å². The van der Waals surface area contributed by atoms with E-state index in [9.17, 15) is 0 Å². The predicted molar refractivity (Wildman–Crippen MR) is 59.3 cm³/mol. The van der Waals surface area contributed by atoms with Crippen LogP contribution in [-0.2, 0) is 0 Å². The van der Waals surface area contributed by atoms with Crippen LogP contribution in [-0.4, -0.2) is 24.9 Å². The number of nitrogen functional groups attached to an aromatic ring is 1. The van der Waals surface area contributed by atoms with Crippen LogP contribution in [0.15, 0.2) is 30.9 Å². The molecule has 0 spiro atoms. The van der Waals surface area contributed by atoms with Gasteiger partial charge in [-0.05, 0) is 12.1 Å². The SMILES string of the molecule is Nc1ncccc1-c1cnc2nc[nH]c2n1. The van der Waals surface area contributed by atoms with Crippen LogP contribution in [0.25, 0.3) is 22.6 Å². The normalized spacial score (nSPS) is 10.8. The summed E-state index contributed by atoms with van der Waals surface area (Å²) < 4.78 is 0. The highest BCUT2D eigenvalue weighted by molar-refractivity contribution is 5.74. The molecule has 0 aliphatic heterocycles. The summed E-state index contributed by atoms with van der Waals surface area (Å²) in [4.78, 5) is 19.4. The van der Waals surface area contributed by atoms with Crippen LogP contribution in [0.2, 0.25) is 0 Å². The van der Waals surface area contributed by atoms with Crippen molar-refractivity contribution < 1.29 is 0 Å². The second kappa shape index (κ2) is 3.27. The molecular formula is C10H8N6. The summed E-state index contributed by atoms with van der Waals surface area (Å²) in [7, 11) is 0. The van der Waals surface area contributed by atoms with Gasteiger partial charge in [0.05, 0.1) is 18.2 Å². The minimum atomic E-state index is 0.440. The number of hydrogen-bond donors (Lipinski definition) is 2. The van der Waals surface area contributed by atoms with Crippen LogP contribution in [0.3, 0.4) is 0 Å². The van der Waals surface area contributed by atoms with E-state index in [0.29, 0.717) is 22.8 Å². The maximum Gasteiger partial charge on any atom is 0.197 e. The van der Waals surface area contributed by atoms with Crippen molar-refractivity contribution in [1.82, 2.24) is 24.9 Å². The number of rotatable bonds is 1. The van der Waals surface area contributed by atoms with Gasteiger partial charge in [0, 0.05) is 11.8 Å². The lowest BCUT2D eigenvalue weighted by Gasteiger charge is -2.02. The smallest absolute Gasteiger partial charge is 0.197 e. The molecule has 0 saturated carbocycles. The molecule has 3 aromatic rings. The molecule has 78 valence electrons. The fourth-order valence-corrected chi connectivity index (χ4v) is 1.49. The lowest BCUT2D eigenvalue weighted by molar-refractivity contribution is 1.24. The molecule has 0 amide bonds. The minimum absolute atomic E-state index is 0.440. The first-order valence-electron chi connectivity index (χ1n) is 4.71. The number of anilines is 1. The highest BCUT2D eigenvalue weighted by Gasteiger charge is 2.07. The molecule has 3 N–H and O–H groups in total. The largest absolute Gasteiger partial charge is 0.383 e. The van der Waals surface area contributed by atoms with E-state index < -0.39 is 0 Å². The Morgan fingerprint density at radius 2 is 2.12 bits per heavy atom. The molecule has 0 bridgehead atoms. The van der Waals surface area contributed by atoms with Crippen LogP contribution < -0.4 is 5.73 Å². The zero-order valence-corrected chi connectivity index (χ0v) is 8.25. The Morgan fingerprint density at radius 1 is 1.19 bits per heavy atom. The number of nitrogens with two attached hydrogens (primary N) is 1. The molecule has 0 aromatic carbocycles. The van der Waals surface area contributed by atoms with Gasteiger partial charge in [0.15, 0.2) is 11.3 Å². The van der Waals surface area contributed by atoms with Crippen LogP contribution in [0, 0.1) is 0 Å². The van der Waals surface area contributed by atoms with E-state index in [2.05, 4.69) is 24.9 Å². The zero-order chi connectivity index (χ0) is 11.0. The second-order valence-corrected chi connectivity index (χ2v) is 3.27. The average Bonchev–Trinajstić information content (AvgIpc) is 2.76. The summed E-state index contributed by atoms with van der Waals surface area (Å²) in [5.74, 6) is 0.440. The fraction of sp³-hybridized carbons (Fsp3) is 0. The van der Waals surface area contributed by atoms with Crippen LogP contribution in [0.4, 0.5) is 5.82 Å². The summed E-state index contributed by atoms with van der Waals surface area (Å²) in [5.41, 5.74) is 8.45. The molecule has 0 atom stereocenters. The number of aromatic amines is 1. The van der Waals surface area contributed by atoms with Crippen molar-refractivity contribution in [2.45, 2.75) is 0 Å². The Bertz CT molecular complexity index is 644. The molecule has 3 aromatic heterocycles. The molecule has 6 heteroatoms. The summed E-state index contributed by atoms with van der Waals surface area (Å²) in [6, 6.07) is 3.67. The van der Waals surface area contributed by atoms with E-state index in [1.165, 1.54) is 0 Å². The Hall–Kier alpha value is -2.50. The van der Waals surface area contributed by atoms with Crippen molar-refractivity contribution in [3.05, 3.63) is 30.9 Å². The monoisotopic (exact) mass is 212 g/mol. The Labute approximate surface area is 90.6 Å². The van der Waals surface area contributed by atoms with Crippen molar-refractivity contribution in [3.63, 3.8) is 0 Å². The molecule has 3 heterocycles. The molecule has 0 unspecified atom stereocenters. The Morgan fingerprint density at radius 3 is 3.00 bits per heavy atom. The third kappa shape index (κ3) is 1.28. The van der Waals surface area contributed by atoms with Crippen molar-refractivity contribution in [2.24, 2.45) is 0 Å². The number of nitrogens with one attached hydrogen (secondary N) is 1. The quantitative estimate of drug-likeness (QED) is 0.627. The maximum absolute atomic E-state index is 5.77. The van der Waals surface area contributed by atoms with Gasteiger partial charge in [-0.2, -0.15) is 0 Å². The van der Waals surface area contributed by atoms with E-state index in [4.69, 9.17) is 5.73 Å². The van der Waals surface area contributed by atoms with Crippen LogP contribution >= 0.6 is 0 Å². The fourth-order valence-electron chi connectivity index (χ4n) is 1.49. The number of fused-ring (bicyclic) bond motifs is 1. The van der Waals surface area contributed by atoms with Gasteiger partial charge < -0.3 is 10.7 Å². The number of hydrogen-bond acceptors (Lipinski definition) is 5. The van der Waals surface area contributed by atoms with E-state index in [-0.39, 0.29) is 0 Å². The standard InChI is InChI=1S/C10H8N6/c11-8-6(2-1-3-12-8)7-4-13-9-10(16-7)15-5-14-9/h1-5H,(H2,11,12)(H,13,14,15,16). The summed E-state index contributed by atoms with van der Waals surface area (Å²) >= 11 is 0. The van der Waals surface area contributed by atoms with Gasteiger partial charge in [0.25, 0.3) is 0 Å². The molecule has 0 saturated heterocycles. The second-order valence-electron chi connectivity index (χ2n) is 3.27. The third-order valence-electron chi connectivity index (χ3n) is 2.26. The Balaban J connectivity index is 2.22. The van der Waals surface area contributed by atoms with E-state index in [1.807, 2.05) is 12.1 Å². The van der Waals surface area contributed by atoms with Crippen molar-refractivity contribution in [2.75, 3.05) is 5.73 Å². The number of imidazole rings is 1. The molecule has 16 heavy (non-hydrogen) atoms. The summed E-state index contributed by atoms with van der Waals surface area (Å²) in [6.07, 6.45) is 4.83. The summed E-state index contributed by atoms with van der Waals surface area (Å²) in [6.45, 7) is 0. The molecular weight excluding hydrogens is 204 g/mol. The van der Waals surface area contributed by atoms with Gasteiger partial charge in [-0.3, -0.25) is 0 Å². The van der Waals surface area contributed by atoms with E-state index in [0.717, 1.165) is 5.56 Å². The number of nitrogens with zero attached hydrogens (tertiary/aromatic N) is 4. The van der Waals surface area contributed by atoms with Crippen molar-refractivity contribution in [1.29, 1.82) is 0 Å². The van der Waals surface area contributed by atoms with Gasteiger partial charge in [0.1, 0.15) is 5.82 Å². The number of H-pyrrole nitrogens is 1. The maximum atomic E-state index is 5.77. The van der Waals surface area contributed by atoms with Crippen molar-refractivity contribution >= 4 is 17.1 Å². The first-order chi connectivity index (χ1) is 7.84. The topological polar surface area (TPSA) is 93.4 Å². The van der Waals surface area contributed by atoms with E-state index >= 15 is 0 Å². The first kappa shape index (κ1) is 8.78. The lowest BCUT2D eigenvalue weighted by Crippen LogP contribution is -1.95. The van der Waals surface area contributed by atoms with Gasteiger partial charge in [-0.1, -0.05) is 0 Å². The average molecular weight is 212 g/mol. The first-order valence-corrected chi connectivity index (χ1v) is 4.71. The van der Waals surface area contributed by atoms with Crippen molar-refractivity contribution in [3.8, 4) is 11.3 Å². The van der Waals surface area contributed by atoms with Gasteiger partial charge in [-0.15, -0.1) is 0 Å². The molecule has 0 radical (unpaired) electrons. The predicted octanol–water partition coefficient (Wildman–Crippen LogP) is 0.997. The third-order valence-corrected chi connectivity index (χ3v) is 2.26. The minimum Gasteiger partial charge on any atom is -0.383 e. The highest BCUT2D eigenvalue weighted by atomic mass is 15.0. The molecule has 3 rings (SSSR count). The zero-order valence-electron chi connectivity index (χ0n) is 8.25. The number of aromatic nitrogens is 5. The highest BCUT2D eigenvalue weighted by Crippen LogP contribution is 2.21.